The molecule has 0 N–H and O–H groups in total. The first kappa shape index (κ1) is 9.62. The zero-order chi connectivity index (χ0) is 9.14. The number of rotatable bonds is 2. The largest absolute Gasteiger partial charge is 0.294 e. The number of thioether (sulfide) groups is 1. The van der Waals surface area contributed by atoms with E-state index in [-0.39, 0.29) is 5.78 Å². The van der Waals surface area contributed by atoms with Gasteiger partial charge in [-0.3, -0.25) is 4.79 Å². The van der Waals surface area contributed by atoms with E-state index in [9.17, 15) is 4.79 Å². The second kappa shape index (κ2) is 3.97. The molecule has 1 aromatic rings. The highest BCUT2D eigenvalue weighted by Crippen LogP contribution is 2.26. The lowest BCUT2D eigenvalue weighted by Gasteiger charge is -2.04. The second-order valence-corrected chi connectivity index (χ2v) is 3.63. The number of hydrogen-bond donors (Lipinski definition) is 0. The molecule has 3 heteroatoms. The first-order valence-corrected chi connectivity index (χ1v) is 5.10. The SMILES string of the molecule is CSc1cccc(Cl)c1C(C)=O. The number of benzene rings is 1. The summed E-state index contributed by atoms with van der Waals surface area (Å²) in [6, 6.07) is 5.48. The molecule has 1 nitrogen and oxygen atoms in total. The van der Waals surface area contributed by atoms with Crippen LogP contribution >= 0.6 is 23.4 Å². The Hall–Kier alpha value is -0.470. The van der Waals surface area contributed by atoms with Crippen LogP contribution in [0.2, 0.25) is 5.02 Å². The molecule has 0 spiro atoms. The summed E-state index contributed by atoms with van der Waals surface area (Å²) in [5.41, 5.74) is 0.631. The van der Waals surface area contributed by atoms with Crippen LogP contribution in [0.15, 0.2) is 23.1 Å². The van der Waals surface area contributed by atoms with Gasteiger partial charge in [0.15, 0.2) is 5.78 Å². The predicted octanol–water partition coefficient (Wildman–Crippen LogP) is 3.26. The normalized spacial score (nSPS) is 9.92. The molecule has 0 aliphatic rings. The van der Waals surface area contributed by atoms with Gasteiger partial charge < -0.3 is 0 Å². The summed E-state index contributed by atoms with van der Waals surface area (Å²) in [6.07, 6.45) is 1.93. The average Bonchev–Trinajstić information content (AvgIpc) is 2.03. The lowest BCUT2D eigenvalue weighted by atomic mass is 10.1. The van der Waals surface area contributed by atoms with Gasteiger partial charge in [0.25, 0.3) is 0 Å². The van der Waals surface area contributed by atoms with Crippen molar-refractivity contribution in [3.63, 3.8) is 0 Å². The van der Waals surface area contributed by atoms with Gasteiger partial charge in [-0.2, -0.15) is 0 Å². The van der Waals surface area contributed by atoms with E-state index in [2.05, 4.69) is 0 Å². The first-order valence-electron chi connectivity index (χ1n) is 3.50. The Kier molecular flexibility index (Phi) is 3.18. The van der Waals surface area contributed by atoms with Crippen LogP contribution in [0.3, 0.4) is 0 Å². The number of carbonyl (C=O) groups is 1. The minimum atomic E-state index is 0.0185. The second-order valence-electron chi connectivity index (χ2n) is 2.37. The van der Waals surface area contributed by atoms with Gasteiger partial charge in [0.05, 0.1) is 5.02 Å². The molecular weight excluding hydrogens is 192 g/mol. The molecule has 0 amide bonds. The van der Waals surface area contributed by atoms with Gasteiger partial charge in [-0.05, 0) is 25.3 Å². The molecule has 0 aliphatic carbocycles. The lowest BCUT2D eigenvalue weighted by molar-refractivity contribution is 0.101. The Morgan fingerprint density at radius 2 is 2.17 bits per heavy atom. The monoisotopic (exact) mass is 200 g/mol. The van der Waals surface area contributed by atoms with Gasteiger partial charge >= 0.3 is 0 Å². The minimum Gasteiger partial charge on any atom is -0.294 e. The topological polar surface area (TPSA) is 17.1 Å². The van der Waals surface area contributed by atoms with Crippen molar-refractivity contribution in [2.45, 2.75) is 11.8 Å². The van der Waals surface area contributed by atoms with E-state index in [1.807, 2.05) is 18.4 Å². The van der Waals surface area contributed by atoms with Crippen LogP contribution in [0.4, 0.5) is 0 Å². The van der Waals surface area contributed by atoms with Gasteiger partial charge in [0, 0.05) is 10.5 Å². The Morgan fingerprint density at radius 1 is 1.50 bits per heavy atom. The third kappa shape index (κ3) is 1.82. The van der Waals surface area contributed by atoms with Crippen molar-refractivity contribution in [2.24, 2.45) is 0 Å². The number of halogens is 1. The van der Waals surface area contributed by atoms with Gasteiger partial charge in [-0.15, -0.1) is 11.8 Å². The summed E-state index contributed by atoms with van der Waals surface area (Å²) >= 11 is 7.40. The fourth-order valence-electron chi connectivity index (χ4n) is 1.02. The van der Waals surface area contributed by atoms with Crippen molar-refractivity contribution >= 4 is 29.1 Å². The molecule has 0 aromatic heterocycles. The van der Waals surface area contributed by atoms with E-state index in [0.717, 1.165) is 4.90 Å². The molecule has 0 aliphatic heterocycles. The van der Waals surface area contributed by atoms with Gasteiger partial charge in [-0.1, -0.05) is 17.7 Å². The van der Waals surface area contributed by atoms with Crippen LogP contribution in [0.1, 0.15) is 17.3 Å². The predicted molar refractivity (Wildman–Crippen MR) is 53.2 cm³/mol. The molecule has 0 fully saturated rings. The Morgan fingerprint density at radius 3 is 2.58 bits per heavy atom. The molecule has 0 bridgehead atoms. The fourth-order valence-corrected chi connectivity index (χ4v) is 2.05. The zero-order valence-corrected chi connectivity index (χ0v) is 8.50. The van der Waals surface area contributed by atoms with Crippen molar-refractivity contribution in [3.05, 3.63) is 28.8 Å². The highest BCUT2D eigenvalue weighted by Gasteiger charge is 2.09. The highest BCUT2D eigenvalue weighted by molar-refractivity contribution is 7.98. The summed E-state index contributed by atoms with van der Waals surface area (Å²) < 4.78 is 0. The van der Waals surface area contributed by atoms with Crippen LogP contribution in [0.5, 0.6) is 0 Å². The highest BCUT2D eigenvalue weighted by atomic mass is 35.5. The summed E-state index contributed by atoms with van der Waals surface area (Å²) in [7, 11) is 0. The molecule has 0 heterocycles. The Bertz CT molecular complexity index is 309. The molecular formula is C9H9ClOS. The lowest BCUT2D eigenvalue weighted by Crippen LogP contribution is -1.95. The van der Waals surface area contributed by atoms with E-state index in [0.29, 0.717) is 10.6 Å². The molecule has 64 valence electrons. The quantitative estimate of drug-likeness (QED) is 0.539. The first-order chi connectivity index (χ1) is 5.66. The van der Waals surface area contributed by atoms with Gasteiger partial charge in [0.2, 0.25) is 0 Å². The molecule has 0 radical (unpaired) electrons. The summed E-state index contributed by atoms with van der Waals surface area (Å²) in [6.45, 7) is 1.53. The van der Waals surface area contributed by atoms with Crippen LogP contribution < -0.4 is 0 Å². The van der Waals surface area contributed by atoms with Crippen molar-refractivity contribution in [1.82, 2.24) is 0 Å². The van der Waals surface area contributed by atoms with Crippen molar-refractivity contribution in [3.8, 4) is 0 Å². The molecule has 0 unspecified atom stereocenters. The van der Waals surface area contributed by atoms with Gasteiger partial charge in [0.1, 0.15) is 0 Å². The van der Waals surface area contributed by atoms with E-state index in [4.69, 9.17) is 11.6 Å². The van der Waals surface area contributed by atoms with Crippen LogP contribution in [-0.2, 0) is 0 Å². The maximum Gasteiger partial charge on any atom is 0.162 e. The van der Waals surface area contributed by atoms with Crippen LogP contribution in [0.25, 0.3) is 0 Å². The smallest absolute Gasteiger partial charge is 0.162 e. The van der Waals surface area contributed by atoms with E-state index >= 15 is 0 Å². The molecule has 0 saturated heterocycles. The minimum absolute atomic E-state index is 0.0185. The maximum absolute atomic E-state index is 11.1. The molecule has 0 saturated carbocycles. The molecule has 1 aromatic carbocycles. The van der Waals surface area contributed by atoms with Crippen molar-refractivity contribution in [1.29, 1.82) is 0 Å². The molecule has 1 rings (SSSR count). The van der Waals surface area contributed by atoms with Crippen LogP contribution in [0, 0.1) is 0 Å². The number of Topliss-reactive ketones (excluding diaryl/α,β-unsaturated/α-hetero) is 1. The van der Waals surface area contributed by atoms with Gasteiger partial charge in [-0.25, -0.2) is 0 Å². The fraction of sp³-hybridized carbons (Fsp3) is 0.222. The third-order valence-corrected chi connectivity index (χ3v) is 2.64. The Balaban J connectivity index is 3.29. The standard InChI is InChI=1S/C9H9ClOS/c1-6(11)9-7(10)4-3-5-8(9)12-2/h3-5H,1-2H3. The third-order valence-electron chi connectivity index (χ3n) is 1.55. The summed E-state index contributed by atoms with van der Waals surface area (Å²) in [5, 5.41) is 0.536. The molecule has 0 atom stereocenters. The van der Waals surface area contributed by atoms with Crippen LogP contribution in [-0.4, -0.2) is 12.0 Å². The summed E-state index contributed by atoms with van der Waals surface area (Å²) in [4.78, 5) is 12.1. The Labute approximate surface area is 81.1 Å². The maximum atomic E-state index is 11.1. The van der Waals surface area contributed by atoms with E-state index < -0.39 is 0 Å². The number of carbonyl (C=O) groups excluding carboxylic acids is 1. The van der Waals surface area contributed by atoms with Crippen molar-refractivity contribution in [2.75, 3.05) is 6.26 Å². The number of ketones is 1. The van der Waals surface area contributed by atoms with E-state index in [1.54, 1.807) is 6.07 Å². The van der Waals surface area contributed by atoms with E-state index in [1.165, 1.54) is 18.7 Å². The molecule has 12 heavy (non-hydrogen) atoms. The summed E-state index contributed by atoms with van der Waals surface area (Å²) in [5.74, 6) is 0.0185. The van der Waals surface area contributed by atoms with Crippen molar-refractivity contribution < 1.29 is 4.79 Å². The zero-order valence-electron chi connectivity index (χ0n) is 6.93. The average molecular weight is 201 g/mol. The number of hydrogen-bond acceptors (Lipinski definition) is 2.